The van der Waals surface area contributed by atoms with Crippen molar-refractivity contribution in [1.29, 1.82) is 0 Å². The van der Waals surface area contributed by atoms with Crippen LogP contribution in [-0.2, 0) is 21.7 Å². The number of benzene rings is 11. The van der Waals surface area contributed by atoms with E-state index in [4.69, 9.17) is 9.97 Å². The highest BCUT2D eigenvalue weighted by atomic mass is 15.2. The molecule has 0 unspecified atom stereocenters. The molecule has 2 aliphatic heterocycles. The van der Waals surface area contributed by atoms with Crippen molar-refractivity contribution < 1.29 is 0 Å². The van der Waals surface area contributed by atoms with Crippen molar-refractivity contribution >= 4 is 79.0 Å². The van der Waals surface area contributed by atoms with Gasteiger partial charge in [0.25, 0.3) is 6.71 Å². The quantitative estimate of drug-likeness (QED) is 0.135. The van der Waals surface area contributed by atoms with Crippen LogP contribution in [0.25, 0.3) is 94.3 Å². The van der Waals surface area contributed by atoms with Gasteiger partial charge in [-0.1, -0.05) is 277 Å². The lowest BCUT2D eigenvalue weighted by Gasteiger charge is -2.46. The predicted molar refractivity (Wildman–Crippen MR) is 418 cm³/mol. The van der Waals surface area contributed by atoms with Crippen LogP contribution in [0.2, 0.25) is 0 Å². The molecule has 98 heavy (non-hydrogen) atoms. The van der Waals surface area contributed by atoms with Crippen LogP contribution in [0.4, 0.5) is 34.1 Å². The van der Waals surface area contributed by atoms with Crippen LogP contribution in [0.1, 0.15) is 105 Å². The van der Waals surface area contributed by atoms with E-state index in [1.807, 2.05) is 24.8 Å². The fourth-order valence-corrected chi connectivity index (χ4v) is 15.2. The van der Waals surface area contributed by atoms with Crippen molar-refractivity contribution in [3.05, 3.63) is 302 Å². The third-order valence-corrected chi connectivity index (χ3v) is 20.5. The number of fused-ring (bicyclic) bond motifs is 7. The Balaban J connectivity index is 1.12. The normalized spacial score (nSPS) is 13.0. The van der Waals surface area contributed by atoms with Crippen LogP contribution in [0.3, 0.4) is 0 Å². The monoisotopic (exact) mass is 1270 g/mol. The second-order valence-corrected chi connectivity index (χ2v) is 31.1. The Morgan fingerprint density at radius 1 is 0.276 bits per heavy atom. The molecule has 6 heteroatoms. The van der Waals surface area contributed by atoms with E-state index >= 15 is 0 Å². The van der Waals surface area contributed by atoms with Crippen LogP contribution in [0.5, 0.6) is 0 Å². The molecule has 0 atom stereocenters. The van der Waals surface area contributed by atoms with E-state index in [9.17, 15) is 0 Å². The minimum atomic E-state index is -0.248. The fraction of sp³-hybridized carbons (Fsp3) is 0.174. The van der Waals surface area contributed by atoms with E-state index in [0.717, 1.165) is 118 Å². The number of aromatic nitrogens is 3. The number of nitrogens with zero attached hydrogens (tertiary/aromatic N) is 5. The van der Waals surface area contributed by atoms with Gasteiger partial charge in [0.2, 0.25) is 0 Å². The molecule has 11 aromatic carbocycles. The van der Waals surface area contributed by atoms with E-state index in [0.29, 0.717) is 0 Å². The van der Waals surface area contributed by atoms with Crippen LogP contribution in [-0.4, -0.2) is 21.2 Å². The van der Waals surface area contributed by atoms with E-state index in [1.54, 1.807) is 0 Å². The highest BCUT2D eigenvalue weighted by Crippen LogP contribution is 2.55. The highest BCUT2D eigenvalue weighted by Gasteiger charge is 2.46. The SMILES string of the molecule is CC(C)(C)c1cncc(-c2ccc3c(c2)N(c2c(-c4ccccc4)cccc2-c2ccccc2)c2cc(-n4c5ccc(C(C)(C)C)cc5c5cc(C(C)(C)C)ccc54)cc4c2B3c2ccc(-c3cncc(C(C)(C)C)c3)cc2N4c2c(-c3ccccc3)cccc2-c2ccccc2)c1. The lowest BCUT2D eigenvalue weighted by Crippen LogP contribution is -2.61. The van der Waals surface area contributed by atoms with Crippen LogP contribution < -0.4 is 26.2 Å². The summed E-state index contributed by atoms with van der Waals surface area (Å²) in [5, 5.41) is 2.47. The lowest BCUT2D eigenvalue weighted by molar-refractivity contribution is 0.587. The summed E-state index contributed by atoms with van der Waals surface area (Å²) in [5.41, 5.74) is 31.6. The molecule has 5 nitrogen and oxygen atoms in total. The molecule has 14 aromatic rings. The number of rotatable bonds is 9. The van der Waals surface area contributed by atoms with E-state index in [-0.39, 0.29) is 28.4 Å². The van der Waals surface area contributed by atoms with E-state index in [1.165, 1.54) is 49.4 Å². The Bertz CT molecular complexity index is 4980. The number of pyridine rings is 2. The Hall–Kier alpha value is -10.8. The van der Waals surface area contributed by atoms with Gasteiger partial charge in [-0.3, -0.25) is 9.97 Å². The second-order valence-electron chi connectivity index (χ2n) is 31.1. The lowest BCUT2D eigenvalue weighted by atomic mass is 9.33. The van der Waals surface area contributed by atoms with Gasteiger partial charge < -0.3 is 14.4 Å². The molecule has 0 fully saturated rings. The van der Waals surface area contributed by atoms with Gasteiger partial charge in [-0.05, 0) is 154 Å². The maximum Gasteiger partial charge on any atom is 0.252 e. The molecule has 3 aromatic heterocycles. The number of hydrogen-bond donors (Lipinski definition) is 0. The van der Waals surface area contributed by atoms with Gasteiger partial charge in [0, 0.05) is 91.7 Å². The minimum absolute atomic E-state index is 0.0891. The van der Waals surface area contributed by atoms with Gasteiger partial charge >= 0.3 is 0 Å². The zero-order valence-corrected chi connectivity index (χ0v) is 58.4. The van der Waals surface area contributed by atoms with E-state index < -0.39 is 0 Å². The Morgan fingerprint density at radius 3 is 0.959 bits per heavy atom. The summed E-state index contributed by atoms with van der Waals surface area (Å²) < 4.78 is 2.58. The van der Waals surface area contributed by atoms with Gasteiger partial charge in [-0.25, -0.2) is 0 Å². The first kappa shape index (κ1) is 62.0. The average molecular weight is 1270 g/mol. The van der Waals surface area contributed by atoms with Gasteiger partial charge in [-0.2, -0.15) is 0 Å². The molecule has 0 saturated heterocycles. The molecule has 0 amide bonds. The zero-order chi connectivity index (χ0) is 67.6. The van der Waals surface area contributed by atoms with Crippen molar-refractivity contribution in [3.63, 3.8) is 0 Å². The first-order valence-corrected chi connectivity index (χ1v) is 34.7. The Labute approximate surface area is 578 Å². The van der Waals surface area contributed by atoms with Crippen LogP contribution in [0.15, 0.2) is 280 Å². The molecule has 0 N–H and O–H groups in total. The summed E-state index contributed by atoms with van der Waals surface area (Å²) >= 11 is 0. The average Bonchev–Trinajstić information content (AvgIpc) is 0.796. The largest absolute Gasteiger partial charge is 0.310 e. The Kier molecular flexibility index (Phi) is 14.9. The highest BCUT2D eigenvalue weighted by molar-refractivity contribution is 7.00. The summed E-state index contributed by atoms with van der Waals surface area (Å²) in [6.07, 6.45) is 8.17. The smallest absolute Gasteiger partial charge is 0.252 e. The molecule has 0 aliphatic carbocycles. The number of hydrogen-bond acceptors (Lipinski definition) is 4. The van der Waals surface area contributed by atoms with Crippen molar-refractivity contribution in [2.24, 2.45) is 0 Å². The number of para-hydroxylation sites is 2. The van der Waals surface area contributed by atoms with Gasteiger partial charge in [-0.15, -0.1) is 0 Å². The minimum Gasteiger partial charge on any atom is -0.310 e. The molecular weight excluding hydrogens is 1190 g/mol. The number of anilines is 6. The summed E-state index contributed by atoms with van der Waals surface area (Å²) in [6.45, 7) is 27.4. The summed E-state index contributed by atoms with van der Waals surface area (Å²) in [7, 11) is 0. The Morgan fingerprint density at radius 2 is 0.622 bits per heavy atom. The molecule has 16 rings (SSSR count). The maximum absolute atomic E-state index is 4.99. The first-order chi connectivity index (χ1) is 47.2. The summed E-state index contributed by atoms with van der Waals surface area (Å²) in [4.78, 5) is 15.3. The molecule has 0 saturated carbocycles. The van der Waals surface area contributed by atoms with Gasteiger partial charge in [0.1, 0.15) is 0 Å². The van der Waals surface area contributed by atoms with E-state index in [2.05, 4.69) is 352 Å². The van der Waals surface area contributed by atoms with Crippen LogP contribution >= 0.6 is 0 Å². The van der Waals surface area contributed by atoms with Gasteiger partial charge in [0.15, 0.2) is 0 Å². The third kappa shape index (κ3) is 10.7. The fourth-order valence-electron chi connectivity index (χ4n) is 15.2. The molecule has 0 radical (unpaired) electrons. The standard InChI is InChI=1S/C92H82BN5/c1-89(2,3)67-41-45-80-76(51-67)77-52-68(90(4,5)6)42-46-81(77)96(80)71-53-84-86-85(54-71)98(88-74(61-31-21-15-22-32-61)37-26-38-75(88)62-33-23-16-24-34-62)83-50-64(66-48-70(58-95-56-66)92(10,11)12)40-44-79(83)93(86)78-43-39-63(65-47-69(57-94-55-65)91(7,8)9)49-82(78)97(84)87-72(59-27-17-13-18-28-59)35-25-36-73(87)60-29-19-14-20-30-60/h13-58H,1-12H3. The topological polar surface area (TPSA) is 37.2 Å². The maximum atomic E-state index is 4.99. The zero-order valence-electron chi connectivity index (χ0n) is 58.4. The molecule has 5 heterocycles. The van der Waals surface area contributed by atoms with Crippen molar-refractivity contribution in [2.75, 3.05) is 9.80 Å². The summed E-state index contributed by atoms with van der Waals surface area (Å²) in [5.74, 6) is 0. The molecule has 478 valence electrons. The van der Waals surface area contributed by atoms with Crippen molar-refractivity contribution in [2.45, 2.75) is 105 Å². The predicted octanol–water partition coefficient (Wildman–Crippen LogP) is 22.8. The molecular formula is C92H82BN5. The van der Waals surface area contributed by atoms with Crippen molar-refractivity contribution in [3.8, 4) is 72.4 Å². The second kappa shape index (κ2) is 23.5. The third-order valence-electron chi connectivity index (χ3n) is 20.5. The molecule has 0 bridgehead atoms. The first-order valence-electron chi connectivity index (χ1n) is 34.7. The molecule has 2 aliphatic rings. The summed E-state index contributed by atoms with van der Waals surface area (Å²) in [6, 6.07) is 96.8. The van der Waals surface area contributed by atoms with Gasteiger partial charge in [0.05, 0.1) is 28.1 Å². The van der Waals surface area contributed by atoms with Crippen molar-refractivity contribution in [1.82, 2.24) is 14.5 Å². The van der Waals surface area contributed by atoms with Crippen LogP contribution in [0, 0.1) is 0 Å². The molecule has 0 spiro atoms.